The topological polar surface area (TPSA) is 35.6 Å². The first-order chi connectivity index (χ1) is 9.13. The van der Waals surface area contributed by atoms with Gasteiger partial charge in [0.2, 0.25) is 0 Å². The number of rotatable bonds is 6. The maximum absolute atomic E-state index is 4.56. The summed E-state index contributed by atoms with van der Waals surface area (Å²) in [6.45, 7) is 10.5. The third kappa shape index (κ3) is 3.25. The first-order valence-electron chi connectivity index (χ1n) is 7.19. The minimum Gasteiger partial charge on any atom is -0.272 e. The summed E-state index contributed by atoms with van der Waals surface area (Å²) >= 11 is 0. The van der Waals surface area contributed by atoms with E-state index in [1.54, 1.807) is 0 Å². The van der Waals surface area contributed by atoms with Crippen LogP contribution < -0.4 is 0 Å². The maximum atomic E-state index is 4.56. The average Bonchev–Trinajstić information content (AvgIpc) is 2.86. The molecule has 19 heavy (non-hydrogen) atoms. The van der Waals surface area contributed by atoms with E-state index in [-0.39, 0.29) is 0 Å². The van der Waals surface area contributed by atoms with Crippen molar-refractivity contribution in [2.45, 2.75) is 60.0 Å². The van der Waals surface area contributed by atoms with Gasteiger partial charge in [0.15, 0.2) is 0 Å². The molecule has 2 heterocycles. The van der Waals surface area contributed by atoms with Gasteiger partial charge in [-0.1, -0.05) is 13.8 Å². The van der Waals surface area contributed by atoms with E-state index in [0.29, 0.717) is 0 Å². The number of aryl methyl sites for hydroxylation is 4. The summed E-state index contributed by atoms with van der Waals surface area (Å²) in [6, 6.07) is 0. The average molecular weight is 260 g/mol. The molecule has 0 aliphatic heterocycles. The van der Waals surface area contributed by atoms with Crippen molar-refractivity contribution in [1.29, 1.82) is 0 Å². The van der Waals surface area contributed by atoms with Crippen molar-refractivity contribution in [2.24, 2.45) is 0 Å². The highest BCUT2D eigenvalue weighted by Crippen LogP contribution is 2.15. The normalized spacial score (nSPS) is 11.2. The Bertz CT molecular complexity index is 488. The Morgan fingerprint density at radius 3 is 1.63 bits per heavy atom. The quantitative estimate of drug-likeness (QED) is 0.800. The molecule has 0 fully saturated rings. The van der Waals surface area contributed by atoms with Gasteiger partial charge in [-0.3, -0.25) is 9.36 Å². The van der Waals surface area contributed by atoms with Crippen molar-refractivity contribution in [3.8, 4) is 0 Å². The Hall–Kier alpha value is -1.58. The summed E-state index contributed by atoms with van der Waals surface area (Å²) in [5.41, 5.74) is 4.90. The Morgan fingerprint density at radius 2 is 1.26 bits per heavy atom. The van der Waals surface area contributed by atoms with Crippen LogP contribution in [-0.2, 0) is 19.5 Å². The third-order valence-corrected chi connectivity index (χ3v) is 3.38. The van der Waals surface area contributed by atoms with E-state index in [2.05, 4.69) is 59.6 Å². The van der Waals surface area contributed by atoms with Crippen LogP contribution in [0.5, 0.6) is 0 Å². The summed E-state index contributed by atoms with van der Waals surface area (Å²) < 4.78 is 4.10. The minimum atomic E-state index is 0.936. The van der Waals surface area contributed by atoms with E-state index in [4.69, 9.17) is 0 Å². The molecule has 0 aliphatic rings. The molecule has 0 unspecified atom stereocenters. The van der Waals surface area contributed by atoms with Crippen molar-refractivity contribution >= 4 is 0 Å². The van der Waals surface area contributed by atoms with Crippen molar-refractivity contribution in [1.82, 2.24) is 19.6 Å². The van der Waals surface area contributed by atoms with E-state index < -0.39 is 0 Å². The Kier molecular flexibility index (Phi) is 4.40. The summed E-state index contributed by atoms with van der Waals surface area (Å²) in [5, 5.41) is 9.12. The third-order valence-electron chi connectivity index (χ3n) is 3.38. The van der Waals surface area contributed by atoms with E-state index in [1.165, 1.54) is 11.1 Å². The number of hydrogen-bond donors (Lipinski definition) is 0. The highest BCUT2D eigenvalue weighted by atomic mass is 15.3. The lowest BCUT2D eigenvalue weighted by atomic mass is 10.1. The van der Waals surface area contributed by atoms with Crippen molar-refractivity contribution < 1.29 is 0 Å². The second-order valence-electron chi connectivity index (χ2n) is 5.18. The van der Waals surface area contributed by atoms with Gasteiger partial charge in [-0.25, -0.2) is 0 Å². The van der Waals surface area contributed by atoms with Gasteiger partial charge in [0.05, 0.1) is 11.4 Å². The first kappa shape index (κ1) is 13.8. The van der Waals surface area contributed by atoms with E-state index in [1.807, 2.05) is 0 Å². The van der Waals surface area contributed by atoms with Gasteiger partial charge in [-0.15, -0.1) is 0 Å². The van der Waals surface area contributed by atoms with E-state index in [0.717, 1.165) is 43.7 Å². The van der Waals surface area contributed by atoms with Crippen LogP contribution >= 0.6 is 0 Å². The fourth-order valence-electron chi connectivity index (χ4n) is 2.36. The van der Waals surface area contributed by atoms with Gasteiger partial charge in [0.25, 0.3) is 0 Å². The van der Waals surface area contributed by atoms with E-state index in [9.17, 15) is 0 Å². The van der Waals surface area contributed by atoms with Crippen LogP contribution in [0.15, 0.2) is 12.4 Å². The molecular formula is C15H24N4. The molecule has 0 amide bonds. The largest absolute Gasteiger partial charge is 0.272 e. The molecule has 0 saturated carbocycles. The molecule has 0 radical (unpaired) electrons. The van der Waals surface area contributed by atoms with Crippen molar-refractivity contribution in [3.63, 3.8) is 0 Å². The van der Waals surface area contributed by atoms with E-state index >= 15 is 0 Å². The van der Waals surface area contributed by atoms with Crippen LogP contribution in [0.25, 0.3) is 0 Å². The second-order valence-corrected chi connectivity index (χ2v) is 5.18. The second kappa shape index (κ2) is 6.04. The van der Waals surface area contributed by atoms with Crippen molar-refractivity contribution in [3.05, 3.63) is 34.9 Å². The highest BCUT2D eigenvalue weighted by molar-refractivity contribution is 5.27. The summed E-state index contributed by atoms with van der Waals surface area (Å²) in [4.78, 5) is 0. The highest BCUT2D eigenvalue weighted by Gasteiger charge is 2.10. The molecule has 2 aromatic heterocycles. The zero-order valence-corrected chi connectivity index (χ0v) is 12.5. The number of hydrogen-bond acceptors (Lipinski definition) is 2. The molecule has 104 valence electrons. The van der Waals surface area contributed by atoms with Crippen molar-refractivity contribution in [2.75, 3.05) is 0 Å². The molecule has 2 rings (SSSR count). The smallest absolute Gasteiger partial charge is 0.0629 e. The van der Waals surface area contributed by atoms with Crippen LogP contribution in [0.3, 0.4) is 0 Å². The van der Waals surface area contributed by atoms with Gasteiger partial charge in [-0.05, 0) is 37.8 Å². The Morgan fingerprint density at radius 1 is 0.842 bits per heavy atom. The molecule has 0 aliphatic carbocycles. The molecule has 0 bridgehead atoms. The fourth-order valence-corrected chi connectivity index (χ4v) is 2.36. The molecular weight excluding hydrogens is 236 g/mol. The van der Waals surface area contributed by atoms with Crippen LogP contribution in [0.1, 0.15) is 49.2 Å². The standard InChI is InChI=1S/C15H24N4/c1-5-7-18-10-14(12(3)16-18)9-15-11-19(8-6-2)17-13(15)4/h10-11H,5-9H2,1-4H3. The minimum absolute atomic E-state index is 0.936. The number of aromatic nitrogens is 4. The van der Waals surface area contributed by atoms with Gasteiger partial charge in [0.1, 0.15) is 0 Å². The van der Waals surface area contributed by atoms with Crippen LogP contribution in [0.4, 0.5) is 0 Å². The molecule has 4 nitrogen and oxygen atoms in total. The molecule has 0 N–H and O–H groups in total. The molecule has 0 aromatic carbocycles. The molecule has 4 heteroatoms. The van der Waals surface area contributed by atoms with Gasteiger partial charge < -0.3 is 0 Å². The monoisotopic (exact) mass is 260 g/mol. The summed E-state index contributed by atoms with van der Waals surface area (Å²) in [7, 11) is 0. The lowest BCUT2D eigenvalue weighted by Gasteiger charge is -1.97. The Balaban J connectivity index is 2.16. The summed E-state index contributed by atoms with van der Waals surface area (Å²) in [6.07, 6.45) is 7.53. The molecule has 0 saturated heterocycles. The predicted molar refractivity (Wildman–Crippen MR) is 77.3 cm³/mol. The zero-order chi connectivity index (χ0) is 13.8. The predicted octanol–water partition coefficient (Wildman–Crippen LogP) is 3.11. The maximum Gasteiger partial charge on any atom is 0.0629 e. The molecule has 0 atom stereocenters. The lowest BCUT2D eigenvalue weighted by Crippen LogP contribution is -1.96. The van der Waals surface area contributed by atoms with Crippen LogP contribution in [0, 0.1) is 13.8 Å². The summed E-state index contributed by atoms with van der Waals surface area (Å²) in [5.74, 6) is 0. The lowest BCUT2D eigenvalue weighted by molar-refractivity contribution is 0.598. The molecule has 0 spiro atoms. The molecule has 2 aromatic rings. The first-order valence-corrected chi connectivity index (χ1v) is 7.19. The fraction of sp³-hybridized carbons (Fsp3) is 0.600. The zero-order valence-electron chi connectivity index (χ0n) is 12.5. The SMILES string of the molecule is CCCn1cc(Cc2cn(CCC)nc2C)c(C)n1. The van der Waals surface area contributed by atoms with Gasteiger partial charge in [-0.2, -0.15) is 10.2 Å². The Labute approximate surface area is 115 Å². The van der Waals surface area contributed by atoms with Crippen LogP contribution in [-0.4, -0.2) is 19.6 Å². The van der Waals surface area contributed by atoms with Gasteiger partial charge in [0, 0.05) is 31.9 Å². The van der Waals surface area contributed by atoms with Gasteiger partial charge >= 0.3 is 0 Å². The van der Waals surface area contributed by atoms with Crippen LogP contribution in [0.2, 0.25) is 0 Å². The number of nitrogens with zero attached hydrogens (tertiary/aromatic N) is 4.